The molecule has 2 aromatic carbocycles. The largest absolute Gasteiger partial charge is 0.493 e. The van der Waals surface area contributed by atoms with Crippen molar-refractivity contribution < 1.29 is 23.5 Å². The minimum atomic E-state index is -0.320. The number of likely N-dealkylation sites (N-methyl/N-ethyl adjacent to an activating group) is 1. The molecule has 2 amide bonds. The third-order valence-electron chi connectivity index (χ3n) is 4.01. The van der Waals surface area contributed by atoms with Gasteiger partial charge in [0, 0.05) is 6.54 Å². The van der Waals surface area contributed by atoms with Crippen LogP contribution in [-0.2, 0) is 11.4 Å². The van der Waals surface area contributed by atoms with Gasteiger partial charge in [-0.25, -0.2) is 4.39 Å². The number of halogens is 2. The summed E-state index contributed by atoms with van der Waals surface area (Å²) in [5.74, 6) is 0.410. The van der Waals surface area contributed by atoms with Crippen molar-refractivity contribution in [2.45, 2.75) is 13.5 Å². The van der Waals surface area contributed by atoms with E-state index in [4.69, 9.17) is 9.47 Å². The SMILES string of the molecule is CCN1C(=O)S/C(=C/c2cc(I)c(OCc3cccc(F)c3)c(OC)c2)C1=O. The fourth-order valence-corrected chi connectivity index (χ4v) is 4.35. The number of imide groups is 1. The highest BCUT2D eigenvalue weighted by molar-refractivity contribution is 14.1. The van der Waals surface area contributed by atoms with E-state index < -0.39 is 0 Å². The average Bonchev–Trinajstić information content (AvgIpc) is 2.93. The van der Waals surface area contributed by atoms with Crippen molar-refractivity contribution in [3.05, 3.63) is 61.8 Å². The van der Waals surface area contributed by atoms with E-state index in [-0.39, 0.29) is 23.6 Å². The van der Waals surface area contributed by atoms with Crippen LogP contribution in [0.25, 0.3) is 6.08 Å². The third kappa shape index (κ3) is 4.49. The summed E-state index contributed by atoms with van der Waals surface area (Å²) in [6.07, 6.45) is 1.67. The molecule has 1 heterocycles. The molecule has 1 saturated heterocycles. The first-order chi connectivity index (χ1) is 13.4. The fourth-order valence-electron chi connectivity index (χ4n) is 2.67. The Labute approximate surface area is 180 Å². The number of carbonyl (C=O) groups is 2. The second-order valence-electron chi connectivity index (χ2n) is 5.88. The van der Waals surface area contributed by atoms with Crippen LogP contribution in [0.1, 0.15) is 18.1 Å². The highest BCUT2D eigenvalue weighted by Gasteiger charge is 2.33. The minimum Gasteiger partial charge on any atom is -0.493 e. The van der Waals surface area contributed by atoms with Crippen LogP contribution in [0.15, 0.2) is 41.3 Å². The Hall–Kier alpha value is -2.07. The lowest BCUT2D eigenvalue weighted by Crippen LogP contribution is -2.27. The van der Waals surface area contributed by atoms with Crippen molar-refractivity contribution >= 4 is 51.6 Å². The number of ether oxygens (including phenoxy) is 2. The van der Waals surface area contributed by atoms with Crippen molar-refractivity contribution in [2.75, 3.05) is 13.7 Å². The van der Waals surface area contributed by atoms with Gasteiger partial charge in [-0.05, 0) is 82.7 Å². The Balaban J connectivity index is 1.85. The highest BCUT2D eigenvalue weighted by atomic mass is 127. The summed E-state index contributed by atoms with van der Waals surface area (Å²) in [6, 6.07) is 9.77. The monoisotopic (exact) mass is 513 g/mol. The van der Waals surface area contributed by atoms with E-state index in [1.165, 1.54) is 24.1 Å². The molecule has 0 radical (unpaired) electrons. The summed E-state index contributed by atoms with van der Waals surface area (Å²) in [5, 5.41) is -0.268. The van der Waals surface area contributed by atoms with Gasteiger partial charge in [0.1, 0.15) is 12.4 Å². The third-order valence-corrected chi connectivity index (χ3v) is 5.72. The zero-order chi connectivity index (χ0) is 20.3. The van der Waals surface area contributed by atoms with Gasteiger partial charge in [-0.15, -0.1) is 0 Å². The van der Waals surface area contributed by atoms with Crippen LogP contribution in [0.2, 0.25) is 0 Å². The maximum atomic E-state index is 13.3. The summed E-state index contributed by atoms with van der Waals surface area (Å²) in [4.78, 5) is 25.7. The van der Waals surface area contributed by atoms with E-state index in [0.717, 1.165) is 20.9 Å². The maximum Gasteiger partial charge on any atom is 0.293 e. The number of hydrogen-bond acceptors (Lipinski definition) is 5. The Bertz CT molecular complexity index is 963. The van der Waals surface area contributed by atoms with Crippen LogP contribution in [-0.4, -0.2) is 29.7 Å². The molecule has 1 aliphatic heterocycles. The van der Waals surface area contributed by atoms with E-state index in [2.05, 4.69) is 22.6 Å². The van der Waals surface area contributed by atoms with E-state index in [9.17, 15) is 14.0 Å². The topological polar surface area (TPSA) is 55.8 Å². The Morgan fingerprint density at radius 3 is 2.68 bits per heavy atom. The van der Waals surface area contributed by atoms with Crippen molar-refractivity contribution in [1.29, 1.82) is 0 Å². The first-order valence-corrected chi connectivity index (χ1v) is 10.3. The second-order valence-corrected chi connectivity index (χ2v) is 8.03. The number of methoxy groups -OCH3 is 1. The van der Waals surface area contributed by atoms with Crippen molar-refractivity contribution in [3.63, 3.8) is 0 Å². The molecule has 0 saturated carbocycles. The molecule has 28 heavy (non-hydrogen) atoms. The molecule has 0 spiro atoms. The number of nitrogens with zero attached hydrogens (tertiary/aromatic N) is 1. The van der Waals surface area contributed by atoms with E-state index in [1.807, 2.05) is 6.07 Å². The van der Waals surface area contributed by atoms with Crippen LogP contribution in [0.3, 0.4) is 0 Å². The summed E-state index contributed by atoms with van der Waals surface area (Å²) < 4.78 is 25.4. The molecular formula is C20H17FINO4S. The van der Waals surface area contributed by atoms with Crippen LogP contribution in [0.5, 0.6) is 11.5 Å². The van der Waals surface area contributed by atoms with E-state index in [0.29, 0.717) is 28.5 Å². The zero-order valence-corrected chi connectivity index (χ0v) is 18.2. The lowest BCUT2D eigenvalue weighted by atomic mass is 10.1. The lowest BCUT2D eigenvalue weighted by molar-refractivity contribution is -0.122. The molecule has 0 atom stereocenters. The first-order valence-electron chi connectivity index (χ1n) is 8.43. The van der Waals surface area contributed by atoms with E-state index in [1.54, 1.807) is 31.2 Å². The summed E-state index contributed by atoms with van der Waals surface area (Å²) in [5.41, 5.74) is 1.43. The number of hydrogen-bond donors (Lipinski definition) is 0. The minimum absolute atomic E-state index is 0.193. The summed E-state index contributed by atoms with van der Waals surface area (Å²) >= 11 is 3.04. The van der Waals surface area contributed by atoms with Crippen molar-refractivity contribution in [2.24, 2.45) is 0 Å². The lowest BCUT2D eigenvalue weighted by Gasteiger charge is -2.14. The molecule has 5 nitrogen and oxygen atoms in total. The molecule has 0 aromatic heterocycles. The van der Waals surface area contributed by atoms with Gasteiger partial charge in [0.2, 0.25) is 0 Å². The van der Waals surface area contributed by atoms with Gasteiger partial charge in [-0.3, -0.25) is 14.5 Å². The van der Waals surface area contributed by atoms with Gasteiger partial charge in [0.05, 0.1) is 15.6 Å². The predicted molar refractivity (Wildman–Crippen MR) is 115 cm³/mol. The predicted octanol–water partition coefficient (Wildman–Crippen LogP) is 5.07. The molecular weight excluding hydrogens is 496 g/mol. The number of benzene rings is 2. The summed E-state index contributed by atoms with van der Waals surface area (Å²) in [7, 11) is 1.52. The molecule has 0 aliphatic carbocycles. The molecule has 3 rings (SSSR count). The number of amides is 2. The fraction of sp³-hybridized carbons (Fsp3) is 0.200. The Morgan fingerprint density at radius 1 is 1.25 bits per heavy atom. The van der Waals surface area contributed by atoms with Gasteiger partial charge in [-0.2, -0.15) is 0 Å². The van der Waals surface area contributed by atoms with Gasteiger partial charge < -0.3 is 9.47 Å². The molecule has 1 aliphatic rings. The molecule has 146 valence electrons. The average molecular weight is 513 g/mol. The van der Waals surface area contributed by atoms with Crippen LogP contribution < -0.4 is 9.47 Å². The molecule has 0 unspecified atom stereocenters. The number of thioether (sulfide) groups is 1. The molecule has 8 heteroatoms. The second kappa shape index (κ2) is 8.95. The van der Waals surface area contributed by atoms with Gasteiger partial charge in [-0.1, -0.05) is 12.1 Å². The van der Waals surface area contributed by atoms with Crippen LogP contribution in [0, 0.1) is 9.39 Å². The number of rotatable bonds is 6. The quantitative estimate of drug-likeness (QED) is 0.399. The van der Waals surface area contributed by atoms with Gasteiger partial charge in [0.25, 0.3) is 11.1 Å². The van der Waals surface area contributed by atoms with Gasteiger partial charge >= 0.3 is 0 Å². The Morgan fingerprint density at radius 2 is 2.04 bits per heavy atom. The normalized spacial score (nSPS) is 15.4. The van der Waals surface area contributed by atoms with Gasteiger partial charge in [0.15, 0.2) is 11.5 Å². The molecule has 2 aromatic rings. The van der Waals surface area contributed by atoms with Crippen molar-refractivity contribution in [3.8, 4) is 11.5 Å². The highest BCUT2D eigenvalue weighted by Crippen LogP contribution is 2.37. The van der Waals surface area contributed by atoms with Crippen molar-refractivity contribution in [1.82, 2.24) is 4.90 Å². The summed E-state index contributed by atoms with van der Waals surface area (Å²) in [6.45, 7) is 2.30. The Kier molecular flexibility index (Phi) is 6.61. The standard InChI is InChI=1S/C20H17FINO4S/c1-3-23-19(24)17(28-20(23)25)10-13-8-15(22)18(16(9-13)26-2)27-11-12-5-4-6-14(21)7-12/h4-10H,3,11H2,1-2H3/b17-10+. The molecule has 0 bridgehead atoms. The zero-order valence-electron chi connectivity index (χ0n) is 15.2. The van der Waals surface area contributed by atoms with E-state index >= 15 is 0 Å². The first kappa shape index (κ1) is 20.7. The van der Waals surface area contributed by atoms with Crippen LogP contribution >= 0.6 is 34.4 Å². The smallest absolute Gasteiger partial charge is 0.293 e. The number of carbonyl (C=O) groups excluding carboxylic acids is 2. The maximum absolute atomic E-state index is 13.3. The molecule has 1 fully saturated rings. The molecule has 0 N–H and O–H groups in total. The van der Waals surface area contributed by atoms with Crippen LogP contribution in [0.4, 0.5) is 9.18 Å².